The molecule has 0 aliphatic heterocycles. The highest BCUT2D eigenvalue weighted by Gasteiger charge is 2.07. The summed E-state index contributed by atoms with van der Waals surface area (Å²) in [4.78, 5) is 13.6. The number of likely N-dealkylation sites (N-methyl/N-ethyl adjacent to an activating group) is 1. The van der Waals surface area contributed by atoms with E-state index in [1.807, 2.05) is 50.1 Å². The largest absolute Gasteiger partial charge is 0.384 e. The zero-order valence-electron chi connectivity index (χ0n) is 12.3. The van der Waals surface area contributed by atoms with Gasteiger partial charge < -0.3 is 10.4 Å². The molecular formula is C16H22N2O2. The second kappa shape index (κ2) is 8.36. The molecular weight excluding hydrogens is 252 g/mol. The molecule has 0 radical (unpaired) electrons. The summed E-state index contributed by atoms with van der Waals surface area (Å²) in [5, 5.41) is 11.5. The molecule has 0 aromatic heterocycles. The topological polar surface area (TPSA) is 52.6 Å². The number of rotatable bonds is 5. The number of benzene rings is 1. The smallest absolute Gasteiger partial charge is 0.234 e. The number of hydrogen-bond donors (Lipinski definition) is 2. The Labute approximate surface area is 120 Å². The molecule has 0 saturated heterocycles. The van der Waals surface area contributed by atoms with Crippen molar-refractivity contribution in [3.63, 3.8) is 0 Å². The van der Waals surface area contributed by atoms with E-state index >= 15 is 0 Å². The molecule has 1 rings (SSSR count). The number of carbonyl (C=O) groups excluding carboxylic acids is 1. The molecule has 108 valence electrons. The number of hydrogen-bond acceptors (Lipinski definition) is 3. The predicted octanol–water partition coefficient (Wildman–Crippen LogP) is 0.987. The third-order valence-corrected chi connectivity index (χ3v) is 2.58. The summed E-state index contributed by atoms with van der Waals surface area (Å²) in [6, 6.07) is 7.97. The van der Waals surface area contributed by atoms with Crippen LogP contribution in [0.15, 0.2) is 24.3 Å². The van der Waals surface area contributed by atoms with E-state index in [9.17, 15) is 4.79 Å². The molecule has 1 aromatic carbocycles. The number of aliphatic hydroxyl groups excluding tert-OH is 1. The van der Waals surface area contributed by atoms with Gasteiger partial charge in [-0.1, -0.05) is 24.0 Å². The summed E-state index contributed by atoms with van der Waals surface area (Å²) in [6.07, 6.45) is 0. The van der Waals surface area contributed by atoms with Gasteiger partial charge in [0.15, 0.2) is 0 Å². The van der Waals surface area contributed by atoms with Gasteiger partial charge in [0.1, 0.15) is 6.61 Å². The van der Waals surface area contributed by atoms with Gasteiger partial charge in [0.25, 0.3) is 0 Å². The molecule has 0 unspecified atom stereocenters. The molecule has 20 heavy (non-hydrogen) atoms. The van der Waals surface area contributed by atoms with Crippen LogP contribution in [-0.2, 0) is 11.3 Å². The van der Waals surface area contributed by atoms with Crippen LogP contribution in [-0.4, -0.2) is 42.2 Å². The van der Waals surface area contributed by atoms with Crippen LogP contribution in [0.3, 0.4) is 0 Å². The Hall–Kier alpha value is -1.83. The molecule has 0 fully saturated rings. The molecule has 0 atom stereocenters. The average molecular weight is 274 g/mol. The third kappa shape index (κ3) is 6.37. The van der Waals surface area contributed by atoms with Gasteiger partial charge in [-0.2, -0.15) is 0 Å². The standard InChI is InChI=1S/C16H22N2O2/c1-13(2)17-16(20)12-18(3)11-15-8-6-14(7-9-15)5-4-10-19/h6-9,13,19H,10-12H2,1-3H3,(H,17,20). The first-order chi connectivity index (χ1) is 9.51. The van der Waals surface area contributed by atoms with Crippen molar-refractivity contribution >= 4 is 5.91 Å². The second-order valence-corrected chi connectivity index (χ2v) is 5.05. The number of amides is 1. The van der Waals surface area contributed by atoms with Gasteiger partial charge in [0.2, 0.25) is 5.91 Å². The number of carbonyl (C=O) groups is 1. The zero-order chi connectivity index (χ0) is 15.0. The Morgan fingerprint density at radius 3 is 2.55 bits per heavy atom. The van der Waals surface area contributed by atoms with Crippen molar-refractivity contribution in [1.29, 1.82) is 0 Å². The van der Waals surface area contributed by atoms with Gasteiger partial charge in [-0.15, -0.1) is 0 Å². The van der Waals surface area contributed by atoms with Crippen LogP contribution in [0.2, 0.25) is 0 Å². The molecule has 4 nitrogen and oxygen atoms in total. The average Bonchev–Trinajstić information content (AvgIpc) is 2.36. The molecule has 1 aromatic rings. The summed E-state index contributed by atoms with van der Waals surface area (Å²) in [5.74, 6) is 5.50. The van der Waals surface area contributed by atoms with Gasteiger partial charge in [-0.25, -0.2) is 0 Å². The quantitative estimate of drug-likeness (QED) is 0.787. The SMILES string of the molecule is CC(C)NC(=O)CN(C)Cc1ccc(C#CCO)cc1. The first kappa shape index (κ1) is 16.2. The van der Waals surface area contributed by atoms with E-state index in [1.54, 1.807) is 0 Å². The highest BCUT2D eigenvalue weighted by Crippen LogP contribution is 2.06. The van der Waals surface area contributed by atoms with E-state index in [1.165, 1.54) is 0 Å². The van der Waals surface area contributed by atoms with Crippen LogP contribution in [0.5, 0.6) is 0 Å². The first-order valence-corrected chi connectivity index (χ1v) is 6.68. The van der Waals surface area contributed by atoms with E-state index < -0.39 is 0 Å². The minimum atomic E-state index is -0.130. The lowest BCUT2D eigenvalue weighted by atomic mass is 10.1. The lowest BCUT2D eigenvalue weighted by Crippen LogP contribution is -2.38. The maximum Gasteiger partial charge on any atom is 0.234 e. The molecule has 0 saturated carbocycles. The normalized spacial score (nSPS) is 10.3. The fourth-order valence-electron chi connectivity index (χ4n) is 1.82. The Morgan fingerprint density at radius 2 is 2.00 bits per heavy atom. The lowest BCUT2D eigenvalue weighted by molar-refractivity contribution is -0.122. The van der Waals surface area contributed by atoms with Crippen molar-refractivity contribution in [2.24, 2.45) is 0 Å². The maximum atomic E-state index is 11.6. The molecule has 0 heterocycles. The zero-order valence-corrected chi connectivity index (χ0v) is 12.3. The summed E-state index contributed by atoms with van der Waals surface area (Å²) in [5.41, 5.74) is 2.00. The minimum absolute atomic E-state index is 0.0351. The fraction of sp³-hybridized carbons (Fsp3) is 0.438. The second-order valence-electron chi connectivity index (χ2n) is 5.05. The number of nitrogens with one attached hydrogen (secondary N) is 1. The molecule has 2 N–H and O–H groups in total. The van der Waals surface area contributed by atoms with Crippen LogP contribution < -0.4 is 5.32 Å². The highest BCUT2D eigenvalue weighted by atomic mass is 16.2. The van der Waals surface area contributed by atoms with Gasteiger partial charge in [-0.3, -0.25) is 9.69 Å². The van der Waals surface area contributed by atoms with Crippen molar-refractivity contribution in [1.82, 2.24) is 10.2 Å². The van der Waals surface area contributed by atoms with Crippen LogP contribution in [0.25, 0.3) is 0 Å². The maximum absolute atomic E-state index is 11.6. The van der Waals surface area contributed by atoms with E-state index in [-0.39, 0.29) is 18.6 Å². The van der Waals surface area contributed by atoms with Crippen LogP contribution in [0, 0.1) is 11.8 Å². The van der Waals surface area contributed by atoms with E-state index in [4.69, 9.17) is 5.11 Å². The van der Waals surface area contributed by atoms with Crippen molar-refractivity contribution in [2.75, 3.05) is 20.2 Å². The van der Waals surface area contributed by atoms with Crippen LogP contribution in [0.4, 0.5) is 0 Å². The Bertz CT molecular complexity index is 483. The Balaban J connectivity index is 2.49. The van der Waals surface area contributed by atoms with E-state index in [0.29, 0.717) is 13.1 Å². The Morgan fingerprint density at radius 1 is 1.35 bits per heavy atom. The van der Waals surface area contributed by atoms with Crippen molar-refractivity contribution in [3.05, 3.63) is 35.4 Å². The monoisotopic (exact) mass is 274 g/mol. The Kier molecular flexibility index (Phi) is 6.78. The minimum Gasteiger partial charge on any atom is -0.384 e. The molecule has 4 heteroatoms. The summed E-state index contributed by atoms with van der Waals surface area (Å²) < 4.78 is 0. The van der Waals surface area contributed by atoms with Crippen molar-refractivity contribution < 1.29 is 9.90 Å². The third-order valence-electron chi connectivity index (χ3n) is 2.58. The number of nitrogens with zero attached hydrogens (tertiary/aromatic N) is 1. The van der Waals surface area contributed by atoms with Gasteiger partial charge in [-0.05, 0) is 38.6 Å². The van der Waals surface area contributed by atoms with Gasteiger partial charge in [0.05, 0.1) is 6.54 Å². The van der Waals surface area contributed by atoms with Crippen LogP contribution in [0.1, 0.15) is 25.0 Å². The fourth-order valence-corrected chi connectivity index (χ4v) is 1.82. The van der Waals surface area contributed by atoms with Gasteiger partial charge >= 0.3 is 0 Å². The highest BCUT2D eigenvalue weighted by molar-refractivity contribution is 5.78. The molecule has 0 bridgehead atoms. The summed E-state index contributed by atoms with van der Waals surface area (Å²) in [7, 11) is 1.92. The molecule has 0 aliphatic carbocycles. The predicted molar refractivity (Wildman–Crippen MR) is 80.0 cm³/mol. The molecule has 0 spiro atoms. The molecule has 1 amide bonds. The van der Waals surface area contributed by atoms with Gasteiger partial charge in [0, 0.05) is 18.2 Å². The van der Waals surface area contributed by atoms with E-state index in [2.05, 4.69) is 17.2 Å². The summed E-state index contributed by atoms with van der Waals surface area (Å²) in [6.45, 7) is 4.85. The van der Waals surface area contributed by atoms with Crippen molar-refractivity contribution in [3.8, 4) is 11.8 Å². The lowest BCUT2D eigenvalue weighted by Gasteiger charge is -2.17. The van der Waals surface area contributed by atoms with Crippen LogP contribution >= 0.6 is 0 Å². The van der Waals surface area contributed by atoms with Crippen molar-refractivity contribution in [2.45, 2.75) is 26.4 Å². The summed E-state index contributed by atoms with van der Waals surface area (Å²) >= 11 is 0. The first-order valence-electron chi connectivity index (χ1n) is 6.68. The number of aliphatic hydroxyl groups is 1. The molecule has 0 aliphatic rings. The van der Waals surface area contributed by atoms with E-state index in [0.717, 1.165) is 11.1 Å².